The summed E-state index contributed by atoms with van der Waals surface area (Å²) in [6.07, 6.45) is 1.51. The molecule has 0 saturated heterocycles. The molecule has 0 spiro atoms. The first kappa shape index (κ1) is 14.9. The van der Waals surface area contributed by atoms with Crippen molar-refractivity contribution in [1.29, 1.82) is 0 Å². The van der Waals surface area contributed by atoms with Gasteiger partial charge < -0.3 is 14.9 Å². The van der Waals surface area contributed by atoms with Crippen LogP contribution in [0.15, 0.2) is 18.3 Å². The van der Waals surface area contributed by atoms with Gasteiger partial charge in [-0.2, -0.15) is 0 Å². The first-order valence-electron chi connectivity index (χ1n) is 6.18. The van der Waals surface area contributed by atoms with E-state index in [2.05, 4.69) is 4.98 Å². The largest absolute Gasteiger partial charge is 0.478 e. The van der Waals surface area contributed by atoms with Crippen LogP contribution < -0.4 is 4.90 Å². The van der Waals surface area contributed by atoms with Crippen molar-refractivity contribution in [2.45, 2.75) is 13.8 Å². The molecule has 1 aromatic rings. The molecule has 0 unspecified atom stereocenters. The van der Waals surface area contributed by atoms with Gasteiger partial charge in [0, 0.05) is 26.3 Å². The second-order valence-corrected chi connectivity index (χ2v) is 4.10. The Morgan fingerprint density at radius 2 is 1.95 bits per heavy atom. The van der Waals surface area contributed by atoms with E-state index in [1.54, 1.807) is 22.9 Å². The molecule has 19 heavy (non-hydrogen) atoms. The van der Waals surface area contributed by atoms with E-state index < -0.39 is 5.97 Å². The molecule has 1 rings (SSSR count). The van der Waals surface area contributed by atoms with E-state index in [4.69, 9.17) is 5.11 Å². The van der Waals surface area contributed by atoms with Crippen LogP contribution in [0.1, 0.15) is 24.2 Å². The van der Waals surface area contributed by atoms with Gasteiger partial charge in [0.25, 0.3) is 0 Å². The van der Waals surface area contributed by atoms with Crippen molar-refractivity contribution in [3.8, 4) is 0 Å². The number of amides is 1. The van der Waals surface area contributed by atoms with Crippen LogP contribution in [0.2, 0.25) is 0 Å². The quantitative estimate of drug-likeness (QED) is 0.833. The minimum Gasteiger partial charge on any atom is -0.478 e. The molecule has 0 bridgehead atoms. The molecule has 0 fully saturated rings. The number of nitrogens with zero attached hydrogens (tertiary/aromatic N) is 3. The standard InChI is InChI=1S/C13H19N3O3/c1-4-16(5-2)11(17)9-15(3)12-10(13(18)19)7-6-8-14-12/h6-8H,4-5,9H2,1-3H3,(H,18,19). The number of aromatic nitrogens is 1. The van der Waals surface area contributed by atoms with Gasteiger partial charge in [-0.1, -0.05) is 0 Å². The molecular weight excluding hydrogens is 246 g/mol. The maximum atomic E-state index is 12.0. The van der Waals surface area contributed by atoms with Gasteiger partial charge in [-0.3, -0.25) is 4.79 Å². The second-order valence-electron chi connectivity index (χ2n) is 4.10. The maximum absolute atomic E-state index is 12.0. The molecule has 0 radical (unpaired) electrons. The number of anilines is 1. The number of carbonyl (C=O) groups is 2. The van der Waals surface area contributed by atoms with Gasteiger partial charge >= 0.3 is 5.97 Å². The van der Waals surface area contributed by atoms with Crippen molar-refractivity contribution in [3.05, 3.63) is 23.9 Å². The maximum Gasteiger partial charge on any atom is 0.339 e. The summed E-state index contributed by atoms with van der Waals surface area (Å²) in [5.41, 5.74) is 0.0948. The van der Waals surface area contributed by atoms with E-state index in [-0.39, 0.29) is 18.0 Å². The van der Waals surface area contributed by atoms with E-state index in [1.165, 1.54) is 12.3 Å². The number of likely N-dealkylation sites (N-methyl/N-ethyl adjacent to an activating group) is 2. The SMILES string of the molecule is CCN(CC)C(=O)CN(C)c1ncccc1C(=O)O. The number of carboxylic acids is 1. The summed E-state index contributed by atoms with van der Waals surface area (Å²) in [6, 6.07) is 3.04. The summed E-state index contributed by atoms with van der Waals surface area (Å²) >= 11 is 0. The normalized spacial score (nSPS) is 10.1. The molecule has 0 aliphatic heterocycles. The first-order valence-corrected chi connectivity index (χ1v) is 6.18. The van der Waals surface area contributed by atoms with E-state index in [0.29, 0.717) is 18.9 Å². The molecule has 1 amide bonds. The minimum atomic E-state index is -1.05. The number of carboxylic acid groups (broad SMARTS) is 1. The number of rotatable bonds is 6. The highest BCUT2D eigenvalue weighted by atomic mass is 16.4. The molecule has 1 aromatic heterocycles. The van der Waals surface area contributed by atoms with Crippen molar-refractivity contribution in [2.24, 2.45) is 0 Å². The lowest BCUT2D eigenvalue weighted by molar-refractivity contribution is -0.129. The molecule has 104 valence electrons. The molecule has 6 nitrogen and oxygen atoms in total. The van der Waals surface area contributed by atoms with Crippen molar-refractivity contribution in [2.75, 3.05) is 31.6 Å². The highest BCUT2D eigenvalue weighted by molar-refractivity contribution is 5.94. The molecule has 0 aliphatic carbocycles. The zero-order valence-corrected chi connectivity index (χ0v) is 11.5. The Morgan fingerprint density at radius 1 is 1.32 bits per heavy atom. The Morgan fingerprint density at radius 3 is 2.47 bits per heavy atom. The topological polar surface area (TPSA) is 73.7 Å². The lowest BCUT2D eigenvalue weighted by Crippen LogP contribution is -2.39. The van der Waals surface area contributed by atoms with Gasteiger partial charge in [-0.05, 0) is 26.0 Å². The Kier molecular flexibility index (Phi) is 5.29. The summed E-state index contributed by atoms with van der Waals surface area (Å²) < 4.78 is 0. The van der Waals surface area contributed by atoms with Crippen molar-refractivity contribution in [1.82, 2.24) is 9.88 Å². The average molecular weight is 265 g/mol. The third kappa shape index (κ3) is 3.67. The number of aromatic carboxylic acids is 1. The number of carbonyl (C=O) groups excluding carboxylic acids is 1. The van der Waals surface area contributed by atoms with E-state index in [0.717, 1.165) is 0 Å². The zero-order valence-electron chi connectivity index (χ0n) is 11.5. The monoisotopic (exact) mass is 265 g/mol. The second kappa shape index (κ2) is 6.72. The van der Waals surface area contributed by atoms with Gasteiger partial charge in [0.15, 0.2) is 0 Å². The fourth-order valence-corrected chi connectivity index (χ4v) is 1.82. The summed E-state index contributed by atoms with van der Waals surface area (Å²) in [6.45, 7) is 5.20. The fourth-order valence-electron chi connectivity index (χ4n) is 1.82. The predicted octanol–water partition coefficient (Wildman–Crippen LogP) is 1.08. The van der Waals surface area contributed by atoms with Crippen LogP contribution in [0.5, 0.6) is 0 Å². The van der Waals surface area contributed by atoms with E-state index in [1.807, 2.05) is 13.8 Å². The van der Waals surface area contributed by atoms with Crippen LogP contribution in [-0.2, 0) is 4.79 Å². The molecule has 1 N–H and O–H groups in total. The van der Waals surface area contributed by atoms with Gasteiger partial charge in [-0.15, -0.1) is 0 Å². The Labute approximate surface area is 112 Å². The average Bonchev–Trinajstić information content (AvgIpc) is 2.40. The minimum absolute atomic E-state index is 0.0468. The van der Waals surface area contributed by atoms with Gasteiger partial charge in [0.2, 0.25) is 5.91 Å². The molecule has 0 atom stereocenters. The van der Waals surface area contributed by atoms with Gasteiger partial charge in [0.1, 0.15) is 11.4 Å². The number of hydrogen-bond acceptors (Lipinski definition) is 4. The third-order valence-corrected chi connectivity index (χ3v) is 2.87. The van der Waals surface area contributed by atoms with E-state index in [9.17, 15) is 9.59 Å². The summed E-state index contributed by atoms with van der Waals surface area (Å²) in [4.78, 5) is 30.4. The number of hydrogen-bond donors (Lipinski definition) is 1. The molecule has 0 aliphatic rings. The lowest BCUT2D eigenvalue weighted by Gasteiger charge is -2.24. The van der Waals surface area contributed by atoms with Crippen LogP contribution in [0.4, 0.5) is 5.82 Å². The molecular formula is C13H19N3O3. The summed E-state index contributed by atoms with van der Waals surface area (Å²) in [7, 11) is 1.66. The van der Waals surface area contributed by atoms with Crippen LogP contribution in [0.3, 0.4) is 0 Å². The van der Waals surface area contributed by atoms with Crippen molar-refractivity contribution in [3.63, 3.8) is 0 Å². The zero-order chi connectivity index (χ0) is 14.4. The third-order valence-electron chi connectivity index (χ3n) is 2.87. The van der Waals surface area contributed by atoms with E-state index >= 15 is 0 Å². The van der Waals surface area contributed by atoms with Gasteiger partial charge in [0.05, 0.1) is 6.54 Å². The first-order chi connectivity index (χ1) is 9.01. The Bertz CT molecular complexity index is 458. The van der Waals surface area contributed by atoms with Crippen LogP contribution >= 0.6 is 0 Å². The number of pyridine rings is 1. The smallest absolute Gasteiger partial charge is 0.339 e. The van der Waals surface area contributed by atoms with Crippen LogP contribution in [0.25, 0.3) is 0 Å². The van der Waals surface area contributed by atoms with Gasteiger partial charge in [-0.25, -0.2) is 9.78 Å². The highest BCUT2D eigenvalue weighted by Crippen LogP contribution is 2.15. The van der Waals surface area contributed by atoms with Crippen molar-refractivity contribution >= 4 is 17.7 Å². The molecule has 0 aromatic carbocycles. The summed E-state index contributed by atoms with van der Waals surface area (Å²) in [5, 5.41) is 9.09. The lowest BCUT2D eigenvalue weighted by atomic mass is 10.2. The molecule has 0 saturated carbocycles. The predicted molar refractivity (Wildman–Crippen MR) is 72.4 cm³/mol. The molecule has 6 heteroatoms. The van der Waals surface area contributed by atoms with Crippen LogP contribution in [0, 0.1) is 0 Å². The Hall–Kier alpha value is -2.11. The van der Waals surface area contributed by atoms with Crippen molar-refractivity contribution < 1.29 is 14.7 Å². The Balaban J connectivity index is 2.87. The fraction of sp³-hybridized carbons (Fsp3) is 0.462. The van der Waals surface area contributed by atoms with Crippen LogP contribution in [-0.4, -0.2) is 53.5 Å². The molecule has 1 heterocycles. The highest BCUT2D eigenvalue weighted by Gasteiger charge is 2.18. The summed E-state index contributed by atoms with van der Waals surface area (Å²) in [5.74, 6) is -0.796.